The molecule has 0 radical (unpaired) electrons. The number of anilines is 1. The first-order chi connectivity index (χ1) is 8.03. The van der Waals surface area contributed by atoms with E-state index < -0.39 is 9.84 Å². The van der Waals surface area contributed by atoms with Crippen molar-refractivity contribution in [1.29, 1.82) is 0 Å². The Balaban J connectivity index is 2.31. The average molecular weight is 255 g/mol. The molecule has 4 nitrogen and oxygen atoms in total. The van der Waals surface area contributed by atoms with Gasteiger partial charge < -0.3 is 10.5 Å². The second-order valence-corrected chi connectivity index (χ2v) is 6.36. The lowest BCUT2D eigenvalue weighted by atomic mass is 10.3. The zero-order chi connectivity index (χ0) is 12.5. The third-order valence-corrected chi connectivity index (χ3v) is 4.72. The summed E-state index contributed by atoms with van der Waals surface area (Å²) in [7, 11) is -3.27. The highest BCUT2D eigenvalue weighted by molar-refractivity contribution is 7.91. The molecule has 0 aromatic heterocycles. The summed E-state index contributed by atoms with van der Waals surface area (Å²) in [6, 6.07) is 4.80. The van der Waals surface area contributed by atoms with E-state index in [-0.39, 0.29) is 10.6 Å². The summed E-state index contributed by atoms with van der Waals surface area (Å²) in [6.45, 7) is 2.36. The molecular formula is C12H17NO3S. The highest BCUT2D eigenvalue weighted by Gasteiger charge is 2.30. The fraction of sp³-hybridized carbons (Fsp3) is 0.500. The number of hydrogen-bond acceptors (Lipinski definition) is 4. The van der Waals surface area contributed by atoms with Crippen LogP contribution in [0.5, 0.6) is 5.75 Å². The lowest BCUT2D eigenvalue weighted by Crippen LogP contribution is -2.11. The van der Waals surface area contributed by atoms with Crippen molar-refractivity contribution in [3.8, 4) is 5.75 Å². The Labute approximate surface area is 102 Å². The molecule has 0 bridgehead atoms. The molecule has 17 heavy (non-hydrogen) atoms. The van der Waals surface area contributed by atoms with E-state index in [1.807, 2.05) is 6.92 Å². The van der Waals surface area contributed by atoms with Gasteiger partial charge in [0.2, 0.25) is 0 Å². The molecule has 2 rings (SSSR count). The first-order valence-corrected chi connectivity index (χ1v) is 7.43. The first-order valence-electron chi connectivity index (χ1n) is 5.78. The smallest absolute Gasteiger partial charge is 0.180 e. The molecule has 0 amide bonds. The summed E-state index contributed by atoms with van der Waals surface area (Å²) >= 11 is 0. The van der Waals surface area contributed by atoms with E-state index in [1.165, 1.54) is 6.07 Å². The highest BCUT2D eigenvalue weighted by atomic mass is 32.2. The summed E-state index contributed by atoms with van der Waals surface area (Å²) in [6.07, 6.45) is 2.01. The number of hydrogen-bond donors (Lipinski definition) is 1. The van der Waals surface area contributed by atoms with Crippen molar-refractivity contribution in [2.75, 3.05) is 18.1 Å². The minimum absolute atomic E-state index is 0.201. The number of sulfone groups is 1. The first kappa shape index (κ1) is 12.2. The van der Waals surface area contributed by atoms with Gasteiger partial charge in [0.15, 0.2) is 9.84 Å². The van der Waals surface area contributed by atoms with Crippen LogP contribution < -0.4 is 10.5 Å². The molecule has 0 unspecified atom stereocenters. The Kier molecular flexibility index (Phi) is 3.28. The summed E-state index contributed by atoms with van der Waals surface area (Å²) in [5.41, 5.74) is 6.03. The number of ether oxygens (including phenoxy) is 1. The molecule has 0 atom stereocenters. The minimum atomic E-state index is -3.27. The predicted molar refractivity (Wildman–Crippen MR) is 66.8 cm³/mol. The van der Waals surface area contributed by atoms with Crippen molar-refractivity contribution in [2.45, 2.75) is 24.7 Å². The van der Waals surface area contributed by atoms with E-state index in [9.17, 15) is 8.42 Å². The van der Waals surface area contributed by atoms with Gasteiger partial charge in [-0.2, -0.15) is 0 Å². The van der Waals surface area contributed by atoms with Gasteiger partial charge in [-0.3, -0.25) is 0 Å². The second-order valence-electron chi connectivity index (χ2n) is 4.36. The third kappa shape index (κ3) is 2.91. The van der Waals surface area contributed by atoms with Crippen LogP contribution in [0, 0.1) is 5.92 Å². The number of nitrogen functional groups attached to an aromatic ring is 1. The van der Waals surface area contributed by atoms with Gasteiger partial charge in [0.05, 0.1) is 22.9 Å². The van der Waals surface area contributed by atoms with Gasteiger partial charge in [-0.1, -0.05) is 0 Å². The molecule has 0 heterocycles. The Hall–Kier alpha value is -1.23. The Bertz CT molecular complexity index is 506. The fourth-order valence-electron chi connectivity index (χ4n) is 1.73. The summed E-state index contributed by atoms with van der Waals surface area (Å²) < 4.78 is 29.5. The van der Waals surface area contributed by atoms with Crippen molar-refractivity contribution in [3.05, 3.63) is 18.2 Å². The topological polar surface area (TPSA) is 69.4 Å². The van der Waals surface area contributed by atoms with E-state index in [4.69, 9.17) is 10.5 Å². The normalized spacial score (nSPS) is 15.8. The second kappa shape index (κ2) is 4.56. The van der Waals surface area contributed by atoms with E-state index in [0.717, 1.165) is 12.8 Å². The van der Waals surface area contributed by atoms with Gasteiger partial charge in [-0.15, -0.1) is 0 Å². The van der Waals surface area contributed by atoms with Gasteiger partial charge in [0.25, 0.3) is 0 Å². The van der Waals surface area contributed by atoms with Gasteiger partial charge in [0.1, 0.15) is 5.75 Å². The van der Waals surface area contributed by atoms with Crippen LogP contribution in [0.25, 0.3) is 0 Å². The molecule has 2 N–H and O–H groups in total. The molecule has 0 saturated heterocycles. The number of nitrogens with two attached hydrogens (primary N) is 1. The molecule has 1 aliphatic rings. The molecule has 0 aliphatic heterocycles. The number of benzene rings is 1. The van der Waals surface area contributed by atoms with Gasteiger partial charge in [-0.25, -0.2) is 8.42 Å². The number of rotatable bonds is 5. The molecule has 1 fully saturated rings. The molecule has 1 saturated carbocycles. The maximum Gasteiger partial charge on any atom is 0.180 e. The Morgan fingerprint density at radius 3 is 2.71 bits per heavy atom. The molecule has 0 spiro atoms. The summed E-state index contributed by atoms with van der Waals surface area (Å²) in [5, 5.41) is 0. The summed E-state index contributed by atoms with van der Waals surface area (Å²) in [4.78, 5) is 0.204. The van der Waals surface area contributed by atoms with Crippen molar-refractivity contribution in [1.82, 2.24) is 0 Å². The van der Waals surface area contributed by atoms with Crippen molar-refractivity contribution in [3.63, 3.8) is 0 Å². The molecule has 1 aromatic carbocycles. The van der Waals surface area contributed by atoms with E-state index in [0.29, 0.717) is 24.0 Å². The maximum absolute atomic E-state index is 12.1. The zero-order valence-corrected chi connectivity index (χ0v) is 10.7. The standard InChI is InChI=1S/C12H17NO3S/c1-2-16-10-5-6-11(13)12(7-10)17(14,15)8-9-3-4-9/h5-7,9H,2-4,8,13H2,1H3. The lowest BCUT2D eigenvalue weighted by molar-refractivity contribution is 0.339. The average Bonchev–Trinajstić information content (AvgIpc) is 3.04. The lowest BCUT2D eigenvalue weighted by Gasteiger charge is -2.09. The maximum atomic E-state index is 12.1. The fourth-order valence-corrected chi connectivity index (χ4v) is 3.58. The van der Waals surface area contributed by atoms with Crippen LogP contribution in [0.3, 0.4) is 0 Å². The SMILES string of the molecule is CCOc1ccc(N)c(S(=O)(=O)CC2CC2)c1. The van der Waals surface area contributed by atoms with E-state index in [2.05, 4.69) is 0 Å². The van der Waals surface area contributed by atoms with Crippen LogP contribution >= 0.6 is 0 Å². The van der Waals surface area contributed by atoms with Crippen LogP contribution in [0.1, 0.15) is 19.8 Å². The van der Waals surface area contributed by atoms with Crippen LogP contribution in [-0.4, -0.2) is 20.8 Å². The summed E-state index contributed by atoms with van der Waals surface area (Å²) in [5.74, 6) is 1.07. The largest absolute Gasteiger partial charge is 0.494 e. The van der Waals surface area contributed by atoms with Gasteiger partial charge in [0, 0.05) is 6.07 Å². The van der Waals surface area contributed by atoms with Gasteiger partial charge in [-0.05, 0) is 37.8 Å². The molecular weight excluding hydrogens is 238 g/mol. The Morgan fingerprint density at radius 1 is 1.41 bits per heavy atom. The molecule has 5 heteroatoms. The van der Waals surface area contributed by atoms with Crippen molar-refractivity contribution < 1.29 is 13.2 Å². The van der Waals surface area contributed by atoms with Crippen LogP contribution in [0.4, 0.5) is 5.69 Å². The highest BCUT2D eigenvalue weighted by Crippen LogP contribution is 2.34. The third-order valence-electron chi connectivity index (χ3n) is 2.78. The minimum Gasteiger partial charge on any atom is -0.494 e. The van der Waals surface area contributed by atoms with Crippen molar-refractivity contribution >= 4 is 15.5 Å². The van der Waals surface area contributed by atoms with Crippen LogP contribution in [-0.2, 0) is 9.84 Å². The van der Waals surface area contributed by atoms with Crippen LogP contribution in [0.2, 0.25) is 0 Å². The molecule has 94 valence electrons. The zero-order valence-electron chi connectivity index (χ0n) is 9.85. The quantitative estimate of drug-likeness (QED) is 0.815. The van der Waals surface area contributed by atoms with Crippen molar-refractivity contribution in [2.24, 2.45) is 5.92 Å². The Morgan fingerprint density at radius 2 is 2.12 bits per heavy atom. The molecule has 1 aliphatic carbocycles. The van der Waals surface area contributed by atoms with E-state index >= 15 is 0 Å². The van der Waals surface area contributed by atoms with Crippen LogP contribution in [0.15, 0.2) is 23.1 Å². The van der Waals surface area contributed by atoms with Gasteiger partial charge >= 0.3 is 0 Å². The predicted octanol–water partition coefficient (Wildman–Crippen LogP) is 1.85. The molecule has 1 aromatic rings. The monoisotopic (exact) mass is 255 g/mol. The van der Waals surface area contributed by atoms with E-state index in [1.54, 1.807) is 12.1 Å².